The molecule has 0 radical (unpaired) electrons. The molecule has 3 aromatic rings. The van der Waals surface area contributed by atoms with Gasteiger partial charge in [-0.05, 0) is 35.4 Å². The molecular formula is C21H19ClFN3OS. The number of rotatable bonds is 5. The minimum Gasteiger partial charge on any atom is -0.301 e. The Morgan fingerprint density at radius 3 is 2.57 bits per heavy atom. The maximum absolute atomic E-state index is 13.1. The quantitative estimate of drug-likeness (QED) is 0.495. The van der Waals surface area contributed by atoms with Gasteiger partial charge < -0.3 is 4.98 Å². The first-order valence-electron chi connectivity index (χ1n) is 9.03. The lowest BCUT2D eigenvalue weighted by Crippen LogP contribution is -2.35. The van der Waals surface area contributed by atoms with Gasteiger partial charge in [0.05, 0.1) is 11.3 Å². The summed E-state index contributed by atoms with van der Waals surface area (Å²) < 4.78 is 13.1. The second-order valence-electron chi connectivity index (χ2n) is 6.80. The monoisotopic (exact) mass is 415 g/mol. The zero-order chi connectivity index (χ0) is 19.5. The molecule has 0 bridgehead atoms. The minimum absolute atomic E-state index is 0.0765. The second kappa shape index (κ2) is 8.47. The third-order valence-electron chi connectivity index (χ3n) is 4.73. The van der Waals surface area contributed by atoms with E-state index in [0.717, 1.165) is 41.1 Å². The van der Waals surface area contributed by atoms with Crippen molar-refractivity contribution in [2.24, 2.45) is 0 Å². The Kier molecular flexibility index (Phi) is 5.80. The molecule has 4 rings (SSSR count). The Bertz CT molecular complexity index is 1020. The van der Waals surface area contributed by atoms with Crippen LogP contribution in [0.5, 0.6) is 0 Å². The summed E-state index contributed by atoms with van der Waals surface area (Å²) in [5.74, 6) is 0.479. The highest BCUT2D eigenvalue weighted by Crippen LogP contribution is 2.23. The van der Waals surface area contributed by atoms with E-state index in [-0.39, 0.29) is 11.4 Å². The molecule has 7 heteroatoms. The molecule has 0 unspecified atom stereocenters. The zero-order valence-corrected chi connectivity index (χ0v) is 16.7. The maximum atomic E-state index is 13.1. The van der Waals surface area contributed by atoms with Crippen molar-refractivity contribution in [1.29, 1.82) is 0 Å². The molecule has 0 saturated heterocycles. The summed E-state index contributed by atoms with van der Waals surface area (Å²) in [5, 5.41) is 1.35. The van der Waals surface area contributed by atoms with Gasteiger partial charge >= 0.3 is 0 Å². The number of benzene rings is 2. The van der Waals surface area contributed by atoms with Crippen LogP contribution in [0.15, 0.2) is 58.5 Å². The van der Waals surface area contributed by atoms with Crippen molar-refractivity contribution in [1.82, 2.24) is 14.9 Å². The Hall–Kier alpha value is -2.15. The molecule has 0 fully saturated rings. The minimum atomic E-state index is -0.239. The molecule has 1 N–H and O–H groups in total. The Morgan fingerprint density at radius 2 is 1.82 bits per heavy atom. The Labute approximate surface area is 171 Å². The van der Waals surface area contributed by atoms with Gasteiger partial charge in [0, 0.05) is 36.8 Å². The fourth-order valence-corrected chi connectivity index (χ4v) is 4.20. The van der Waals surface area contributed by atoms with E-state index in [0.29, 0.717) is 23.3 Å². The van der Waals surface area contributed by atoms with Crippen LogP contribution in [0.1, 0.15) is 22.4 Å². The summed E-state index contributed by atoms with van der Waals surface area (Å²) in [6, 6.07) is 14.1. The smallest absolute Gasteiger partial charge is 0.256 e. The first-order valence-corrected chi connectivity index (χ1v) is 10.4. The largest absolute Gasteiger partial charge is 0.301 e. The number of halogens is 2. The molecule has 0 amide bonds. The third kappa shape index (κ3) is 4.63. The number of aromatic nitrogens is 2. The number of nitrogens with one attached hydrogen (secondary N) is 1. The van der Waals surface area contributed by atoms with Gasteiger partial charge in [-0.1, -0.05) is 47.6 Å². The molecule has 2 aromatic carbocycles. The van der Waals surface area contributed by atoms with E-state index >= 15 is 0 Å². The van der Waals surface area contributed by atoms with Gasteiger partial charge in [-0.3, -0.25) is 9.69 Å². The standard InChI is InChI=1S/C21H19ClFN3OS/c22-16-5-1-15(2-6-16)13-28-21-24-19-9-10-26(12-18(19)20(27)25-21)11-14-3-7-17(23)8-4-14/h1-8H,9-13H2,(H,24,25,27). The molecule has 0 spiro atoms. The lowest BCUT2D eigenvalue weighted by molar-refractivity contribution is 0.241. The first-order chi connectivity index (χ1) is 13.6. The average molecular weight is 416 g/mol. The lowest BCUT2D eigenvalue weighted by atomic mass is 10.1. The number of hydrogen-bond donors (Lipinski definition) is 1. The summed E-state index contributed by atoms with van der Waals surface area (Å²) in [4.78, 5) is 22.3. The zero-order valence-electron chi connectivity index (χ0n) is 15.1. The fourth-order valence-electron chi connectivity index (χ4n) is 3.24. The predicted molar refractivity (Wildman–Crippen MR) is 110 cm³/mol. The van der Waals surface area contributed by atoms with Crippen molar-refractivity contribution in [3.63, 3.8) is 0 Å². The van der Waals surface area contributed by atoms with Crippen molar-refractivity contribution >= 4 is 23.4 Å². The summed E-state index contributed by atoms with van der Waals surface area (Å²) in [6.07, 6.45) is 0.731. The summed E-state index contributed by atoms with van der Waals surface area (Å²) in [5.41, 5.74) is 3.68. The number of H-pyrrole nitrogens is 1. The average Bonchev–Trinajstić information content (AvgIpc) is 2.70. The normalized spacial score (nSPS) is 14.1. The highest BCUT2D eigenvalue weighted by molar-refractivity contribution is 7.98. The highest BCUT2D eigenvalue weighted by Gasteiger charge is 2.21. The Balaban J connectivity index is 1.43. The fraction of sp³-hybridized carbons (Fsp3) is 0.238. The van der Waals surface area contributed by atoms with Crippen molar-refractivity contribution in [2.45, 2.75) is 30.4 Å². The molecule has 144 valence electrons. The number of nitrogens with zero attached hydrogens (tertiary/aromatic N) is 2. The molecule has 0 atom stereocenters. The molecule has 2 heterocycles. The van der Waals surface area contributed by atoms with Crippen LogP contribution in [0.4, 0.5) is 4.39 Å². The number of fused-ring (bicyclic) bond motifs is 1. The van der Waals surface area contributed by atoms with Crippen molar-refractivity contribution in [3.8, 4) is 0 Å². The van der Waals surface area contributed by atoms with Gasteiger partial charge in [0.15, 0.2) is 5.16 Å². The third-order valence-corrected chi connectivity index (χ3v) is 5.93. The van der Waals surface area contributed by atoms with Crippen molar-refractivity contribution in [2.75, 3.05) is 6.54 Å². The van der Waals surface area contributed by atoms with Gasteiger partial charge in [-0.15, -0.1) is 0 Å². The summed E-state index contributed by atoms with van der Waals surface area (Å²) in [7, 11) is 0. The molecule has 0 saturated carbocycles. The van der Waals surface area contributed by atoms with Gasteiger partial charge in [0.1, 0.15) is 5.82 Å². The van der Waals surface area contributed by atoms with Crippen LogP contribution in [0.25, 0.3) is 0 Å². The number of thioether (sulfide) groups is 1. The SMILES string of the molecule is O=c1[nH]c(SCc2ccc(Cl)cc2)nc2c1CN(Cc1ccc(F)cc1)CC2. The van der Waals surface area contributed by atoms with E-state index in [9.17, 15) is 9.18 Å². The highest BCUT2D eigenvalue weighted by atomic mass is 35.5. The van der Waals surface area contributed by atoms with Crippen LogP contribution >= 0.6 is 23.4 Å². The lowest BCUT2D eigenvalue weighted by Gasteiger charge is -2.27. The molecule has 1 aliphatic heterocycles. The van der Waals surface area contributed by atoms with E-state index in [1.54, 1.807) is 12.1 Å². The van der Waals surface area contributed by atoms with Crippen LogP contribution in [0.3, 0.4) is 0 Å². The summed E-state index contributed by atoms with van der Waals surface area (Å²) >= 11 is 7.42. The van der Waals surface area contributed by atoms with Gasteiger partial charge in [0.25, 0.3) is 5.56 Å². The van der Waals surface area contributed by atoms with Crippen LogP contribution in [-0.4, -0.2) is 21.4 Å². The number of aromatic amines is 1. The van der Waals surface area contributed by atoms with Crippen LogP contribution < -0.4 is 5.56 Å². The van der Waals surface area contributed by atoms with Crippen LogP contribution in [-0.2, 0) is 25.3 Å². The molecule has 1 aromatic heterocycles. The maximum Gasteiger partial charge on any atom is 0.256 e. The van der Waals surface area contributed by atoms with E-state index in [1.807, 2.05) is 24.3 Å². The molecule has 4 nitrogen and oxygen atoms in total. The van der Waals surface area contributed by atoms with Crippen molar-refractivity contribution < 1.29 is 4.39 Å². The molecule has 1 aliphatic rings. The predicted octanol–water partition coefficient (Wildman–Crippen LogP) is 4.41. The van der Waals surface area contributed by atoms with Crippen LogP contribution in [0, 0.1) is 5.82 Å². The van der Waals surface area contributed by atoms with E-state index in [1.165, 1.54) is 23.9 Å². The first kappa shape index (κ1) is 19.2. The molecular weight excluding hydrogens is 397 g/mol. The van der Waals surface area contributed by atoms with E-state index < -0.39 is 0 Å². The molecule has 28 heavy (non-hydrogen) atoms. The van der Waals surface area contributed by atoms with Gasteiger partial charge in [-0.25, -0.2) is 9.37 Å². The number of hydrogen-bond acceptors (Lipinski definition) is 4. The van der Waals surface area contributed by atoms with Crippen LogP contribution in [0.2, 0.25) is 5.02 Å². The second-order valence-corrected chi connectivity index (χ2v) is 8.20. The molecule has 0 aliphatic carbocycles. The van der Waals surface area contributed by atoms with E-state index in [4.69, 9.17) is 11.6 Å². The Morgan fingerprint density at radius 1 is 1.11 bits per heavy atom. The van der Waals surface area contributed by atoms with Gasteiger partial charge in [0.2, 0.25) is 0 Å². The topological polar surface area (TPSA) is 49.0 Å². The van der Waals surface area contributed by atoms with Crippen molar-refractivity contribution in [3.05, 3.63) is 92.1 Å². The van der Waals surface area contributed by atoms with Gasteiger partial charge in [-0.2, -0.15) is 0 Å². The summed E-state index contributed by atoms with van der Waals surface area (Å²) in [6.45, 7) is 2.06. The van der Waals surface area contributed by atoms with E-state index in [2.05, 4.69) is 14.9 Å².